The Kier molecular flexibility index (Phi) is 5.73. The highest BCUT2D eigenvalue weighted by molar-refractivity contribution is 5.92. The first kappa shape index (κ1) is 18.5. The maximum Gasteiger partial charge on any atom is 0.252 e. The maximum atomic E-state index is 12.9. The Morgan fingerprint density at radius 2 is 1.85 bits per heavy atom. The molecular weight excluding hydrogens is 353 g/mol. The van der Waals surface area contributed by atoms with Gasteiger partial charge in [-0.2, -0.15) is 5.26 Å². The van der Waals surface area contributed by atoms with Crippen molar-refractivity contribution >= 4 is 17.5 Å². The topological polar surface area (TPSA) is 107 Å². The van der Waals surface area contributed by atoms with Crippen molar-refractivity contribution < 1.29 is 14.0 Å². The van der Waals surface area contributed by atoms with Crippen molar-refractivity contribution in [2.45, 2.75) is 6.54 Å². The van der Waals surface area contributed by atoms with Crippen LogP contribution in [0.15, 0.2) is 30.6 Å². The number of aromatic nitrogens is 3. The van der Waals surface area contributed by atoms with Crippen LogP contribution in [0.25, 0.3) is 0 Å². The zero-order valence-corrected chi connectivity index (χ0v) is 14.5. The number of nitrogens with zero attached hydrogens (tertiary/aromatic N) is 6. The molecule has 1 saturated heterocycles. The highest BCUT2D eigenvalue weighted by Gasteiger charge is 2.23. The molecule has 2 aromatic rings. The number of nitriles is 1. The Balaban J connectivity index is 1.42. The average Bonchev–Trinajstić information content (AvgIpc) is 3.11. The van der Waals surface area contributed by atoms with E-state index in [1.54, 1.807) is 4.90 Å². The fourth-order valence-electron chi connectivity index (χ4n) is 2.75. The molecule has 1 aliphatic heterocycles. The monoisotopic (exact) mass is 371 g/mol. The number of rotatable bonds is 5. The Labute approximate surface area is 155 Å². The van der Waals surface area contributed by atoms with E-state index in [9.17, 15) is 14.0 Å². The molecule has 27 heavy (non-hydrogen) atoms. The van der Waals surface area contributed by atoms with Crippen molar-refractivity contribution in [3.63, 3.8) is 0 Å². The molecule has 1 fully saturated rings. The van der Waals surface area contributed by atoms with Crippen LogP contribution < -0.4 is 5.32 Å². The van der Waals surface area contributed by atoms with E-state index in [2.05, 4.69) is 15.4 Å². The Hall–Kier alpha value is -3.32. The van der Waals surface area contributed by atoms with Crippen molar-refractivity contribution in [3.05, 3.63) is 42.2 Å². The van der Waals surface area contributed by atoms with Crippen LogP contribution >= 0.6 is 0 Å². The molecule has 0 radical (unpaired) electrons. The predicted octanol–water partition coefficient (Wildman–Crippen LogP) is 0.0718. The van der Waals surface area contributed by atoms with E-state index in [4.69, 9.17) is 5.26 Å². The molecule has 2 heterocycles. The van der Waals surface area contributed by atoms with Gasteiger partial charge in [0, 0.05) is 31.9 Å². The smallest absolute Gasteiger partial charge is 0.252 e. The van der Waals surface area contributed by atoms with E-state index in [0.717, 1.165) is 0 Å². The van der Waals surface area contributed by atoms with E-state index in [1.807, 2.05) is 11.0 Å². The van der Waals surface area contributed by atoms with E-state index in [1.165, 1.54) is 35.3 Å². The quantitative estimate of drug-likeness (QED) is 0.797. The van der Waals surface area contributed by atoms with Crippen molar-refractivity contribution in [1.29, 1.82) is 5.26 Å². The molecular formula is C17H18FN7O2. The van der Waals surface area contributed by atoms with E-state index < -0.39 is 0 Å². The molecule has 0 saturated carbocycles. The summed E-state index contributed by atoms with van der Waals surface area (Å²) in [7, 11) is 0. The maximum absolute atomic E-state index is 12.9. The van der Waals surface area contributed by atoms with Crippen molar-refractivity contribution in [1.82, 2.24) is 24.6 Å². The molecule has 9 nitrogen and oxygen atoms in total. The fraction of sp³-hybridized carbons (Fsp3) is 0.353. The molecule has 0 unspecified atom stereocenters. The van der Waals surface area contributed by atoms with Crippen molar-refractivity contribution in [2.24, 2.45) is 0 Å². The molecule has 0 atom stereocenters. The summed E-state index contributed by atoms with van der Waals surface area (Å²) in [4.78, 5) is 31.8. The summed E-state index contributed by atoms with van der Waals surface area (Å²) in [6.07, 6.45) is 1.35. The third kappa shape index (κ3) is 5.08. The van der Waals surface area contributed by atoms with Gasteiger partial charge in [-0.05, 0) is 24.3 Å². The van der Waals surface area contributed by atoms with E-state index in [-0.39, 0.29) is 36.5 Å². The van der Waals surface area contributed by atoms with Gasteiger partial charge in [-0.15, -0.1) is 5.10 Å². The van der Waals surface area contributed by atoms with Gasteiger partial charge in [0.1, 0.15) is 24.8 Å². The van der Waals surface area contributed by atoms with Gasteiger partial charge in [-0.25, -0.2) is 14.1 Å². The third-order valence-corrected chi connectivity index (χ3v) is 4.15. The number of carbonyl (C=O) groups excluding carboxylic acids is 2. The van der Waals surface area contributed by atoms with Crippen LogP contribution in [0.2, 0.25) is 0 Å². The van der Waals surface area contributed by atoms with Crippen molar-refractivity contribution in [3.8, 4) is 6.07 Å². The number of hydrogen-bond donors (Lipinski definition) is 1. The number of halogens is 1. The van der Waals surface area contributed by atoms with Crippen LogP contribution in [0.1, 0.15) is 5.82 Å². The Morgan fingerprint density at radius 3 is 2.48 bits per heavy atom. The fourth-order valence-corrected chi connectivity index (χ4v) is 2.75. The highest BCUT2D eigenvalue weighted by Crippen LogP contribution is 2.09. The van der Waals surface area contributed by atoms with E-state index >= 15 is 0 Å². The minimum atomic E-state index is -0.358. The van der Waals surface area contributed by atoms with Gasteiger partial charge in [0.15, 0.2) is 0 Å². The lowest BCUT2D eigenvalue weighted by Gasteiger charge is -2.34. The standard InChI is InChI=1S/C17H18FN7O2/c18-13-1-3-14(4-2-13)21-16(26)10-23-5-7-24(8-6-23)17(27)11-25-12-20-15(9-19)22-25/h1-4,12H,5-8,10-11H2,(H,21,26). The van der Waals surface area contributed by atoms with Crippen molar-refractivity contribution in [2.75, 3.05) is 38.0 Å². The van der Waals surface area contributed by atoms with Gasteiger partial charge in [0.05, 0.1) is 6.54 Å². The normalized spacial score (nSPS) is 14.6. The number of benzene rings is 1. The van der Waals surface area contributed by atoms with Crippen LogP contribution in [0, 0.1) is 17.1 Å². The summed E-state index contributed by atoms with van der Waals surface area (Å²) in [6, 6.07) is 7.40. The number of piperazine rings is 1. The summed E-state index contributed by atoms with van der Waals surface area (Å²) in [6.45, 7) is 2.38. The minimum Gasteiger partial charge on any atom is -0.339 e. The number of amides is 2. The lowest BCUT2D eigenvalue weighted by atomic mass is 10.3. The number of nitrogens with one attached hydrogen (secondary N) is 1. The molecule has 1 aromatic carbocycles. The molecule has 2 amide bonds. The second-order valence-electron chi connectivity index (χ2n) is 6.09. The Morgan fingerprint density at radius 1 is 1.15 bits per heavy atom. The SMILES string of the molecule is N#Cc1ncn(CC(=O)N2CCN(CC(=O)Nc3ccc(F)cc3)CC2)n1. The second kappa shape index (κ2) is 8.37. The molecule has 10 heteroatoms. The van der Waals surface area contributed by atoms with Crippen LogP contribution in [0.5, 0.6) is 0 Å². The van der Waals surface area contributed by atoms with Gasteiger partial charge in [0.25, 0.3) is 5.82 Å². The summed E-state index contributed by atoms with van der Waals surface area (Å²) in [5.41, 5.74) is 0.541. The molecule has 1 aromatic heterocycles. The molecule has 3 rings (SSSR count). The minimum absolute atomic E-state index is 0.0275. The largest absolute Gasteiger partial charge is 0.339 e. The lowest BCUT2D eigenvalue weighted by Crippen LogP contribution is -2.51. The first-order valence-electron chi connectivity index (χ1n) is 8.38. The third-order valence-electron chi connectivity index (χ3n) is 4.15. The molecule has 0 bridgehead atoms. The first-order chi connectivity index (χ1) is 13.0. The van der Waals surface area contributed by atoms with Gasteiger partial charge in [-0.3, -0.25) is 14.5 Å². The predicted molar refractivity (Wildman–Crippen MR) is 92.8 cm³/mol. The summed E-state index contributed by atoms with van der Waals surface area (Å²) in [5, 5.41) is 15.3. The lowest BCUT2D eigenvalue weighted by molar-refractivity contribution is -0.133. The average molecular weight is 371 g/mol. The summed E-state index contributed by atoms with van der Waals surface area (Å²) in [5.74, 6) is -0.629. The molecule has 140 valence electrons. The molecule has 0 aliphatic carbocycles. The number of hydrogen-bond acceptors (Lipinski definition) is 6. The summed E-state index contributed by atoms with van der Waals surface area (Å²) >= 11 is 0. The van der Waals surface area contributed by atoms with Gasteiger partial charge in [0.2, 0.25) is 11.8 Å². The second-order valence-corrected chi connectivity index (χ2v) is 6.09. The molecule has 1 aliphatic rings. The zero-order chi connectivity index (χ0) is 19.2. The van der Waals surface area contributed by atoms with Crippen LogP contribution in [-0.2, 0) is 16.1 Å². The van der Waals surface area contributed by atoms with Crippen LogP contribution in [-0.4, -0.2) is 69.1 Å². The molecule has 1 N–H and O–H groups in total. The molecule has 0 spiro atoms. The summed E-state index contributed by atoms with van der Waals surface area (Å²) < 4.78 is 14.2. The van der Waals surface area contributed by atoms with Crippen LogP contribution in [0.3, 0.4) is 0 Å². The number of anilines is 1. The highest BCUT2D eigenvalue weighted by atomic mass is 19.1. The first-order valence-corrected chi connectivity index (χ1v) is 8.38. The Bertz CT molecular complexity index is 851. The van der Waals surface area contributed by atoms with Crippen LogP contribution in [0.4, 0.5) is 10.1 Å². The van der Waals surface area contributed by atoms with E-state index in [0.29, 0.717) is 31.9 Å². The van der Waals surface area contributed by atoms with Gasteiger partial charge < -0.3 is 10.2 Å². The van der Waals surface area contributed by atoms with Gasteiger partial charge in [-0.1, -0.05) is 0 Å². The van der Waals surface area contributed by atoms with Gasteiger partial charge >= 0.3 is 0 Å². The zero-order valence-electron chi connectivity index (χ0n) is 14.5. The number of carbonyl (C=O) groups is 2.